The Morgan fingerprint density at radius 1 is 1.02 bits per heavy atom. The highest BCUT2D eigenvalue weighted by molar-refractivity contribution is 6.37. The third kappa shape index (κ3) is 7.54. The highest BCUT2D eigenvalue weighted by Gasteiger charge is 2.36. The number of esters is 2. The van der Waals surface area contributed by atoms with Gasteiger partial charge in [0.1, 0.15) is 28.7 Å². The molecule has 0 aliphatic carbocycles. The zero-order chi connectivity index (χ0) is 33.2. The lowest BCUT2D eigenvalue weighted by Crippen LogP contribution is -2.36. The summed E-state index contributed by atoms with van der Waals surface area (Å²) in [5, 5.41) is 11.7. The van der Waals surface area contributed by atoms with Crippen LogP contribution in [0.1, 0.15) is 96.0 Å². The van der Waals surface area contributed by atoms with Crippen molar-refractivity contribution in [3.63, 3.8) is 0 Å². The fraction of sp³-hybridized carbons (Fsp3) is 0.417. The van der Waals surface area contributed by atoms with Crippen LogP contribution in [0.15, 0.2) is 48.7 Å². The molecule has 1 unspecified atom stereocenters. The summed E-state index contributed by atoms with van der Waals surface area (Å²) in [6.45, 7) is 13.6. The van der Waals surface area contributed by atoms with Gasteiger partial charge in [-0.15, -0.1) is 0 Å². The second kappa shape index (κ2) is 12.9. The number of benzene rings is 2. The van der Waals surface area contributed by atoms with Crippen LogP contribution in [0.2, 0.25) is 0 Å². The molecule has 4 aromatic rings. The van der Waals surface area contributed by atoms with Crippen LogP contribution in [0.3, 0.4) is 0 Å². The molecule has 0 saturated carbocycles. The number of fused-ring (bicyclic) bond motifs is 1. The highest BCUT2D eigenvalue weighted by atomic mass is 16.6. The number of imidazole rings is 2. The van der Waals surface area contributed by atoms with E-state index in [0.717, 1.165) is 46.5 Å². The first-order chi connectivity index (χ1) is 21.7. The van der Waals surface area contributed by atoms with E-state index in [-0.39, 0.29) is 17.6 Å². The number of rotatable bonds is 7. The highest BCUT2D eigenvalue weighted by Crippen LogP contribution is 2.29. The SMILES string of the molecule is CC[C@@H](C(=N)C(=O)OC(C)(C)C)c1nc2ccc(-c3ccc(C#Cc4cnc([C@@H]5CCNC5OC(=O)C(C)(C)C)[nH]4)cc3)cc2[nH]1. The Morgan fingerprint density at radius 2 is 1.74 bits per heavy atom. The first-order valence-corrected chi connectivity index (χ1v) is 15.6. The molecule has 3 atom stereocenters. The number of carbonyl (C=O) groups is 2. The summed E-state index contributed by atoms with van der Waals surface area (Å²) in [4.78, 5) is 40.8. The van der Waals surface area contributed by atoms with Gasteiger partial charge in [-0.25, -0.2) is 14.8 Å². The minimum Gasteiger partial charge on any atom is -0.455 e. The van der Waals surface area contributed by atoms with Crippen LogP contribution in [0.5, 0.6) is 0 Å². The predicted molar refractivity (Wildman–Crippen MR) is 177 cm³/mol. The van der Waals surface area contributed by atoms with Crippen LogP contribution in [0.4, 0.5) is 0 Å². The lowest BCUT2D eigenvalue weighted by Gasteiger charge is -2.23. The number of nitrogens with zero attached hydrogens (tertiary/aromatic N) is 2. The van der Waals surface area contributed by atoms with Crippen LogP contribution >= 0.6 is 0 Å². The molecule has 0 amide bonds. The molecule has 5 rings (SSSR count). The minimum absolute atomic E-state index is 0.0607. The average molecular weight is 623 g/mol. The zero-order valence-corrected chi connectivity index (χ0v) is 27.5. The average Bonchev–Trinajstić information content (AvgIpc) is 3.74. The van der Waals surface area contributed by atoms with E-state index in [1.54, 1.807) is 27.0 Å². The van der Waals surface area contributed by atoms with Crippen molar-refractivity contribution in [2.45, 2.75) is 85.0 Å². The molecule has 4 N–H and O–H groups in total. The topological polar surface area (TPSA) is 146 Å². The normalized spacial score (nSPS) is 17.3. The smallest absolute Gasteiger partial charge is 0.353 e. The molecule has 1 saturated heterocycles. The lowest BCUT2D eigenvalue weighted by atomic mass is 9.97. The Morgan fingerprint density at radius 3 is 2.41 bits per heavy atom. The molecule has 1 fully saturated rings. The molecule has 0 spiro atoms. The summed E-state index contributed by atoms with van der Waals surface area (Å²) in [7, 11) is 0. The van der Waals surface area contributed by atoms with Crippen molar-refractivity contribution < 1.29 is 19.1 Å². The van der Waals surface area contributed by atoms with Gasteiger partial charge in [-0.05, 0) is 102 Å². The summed E-state index contributed by atoms with van der Waals surface area (Å²) in [6.07, 6.45) is 2.64. The number of ether oxygens (including phenoxy) is 2. The van der Waals surface area contributed by atoms with Crippen LogP contribution in [-0.2, 0) is 19.1 Å². The second-order valence-corrected chi connectivity index (χ2v) is 13.7. The van der Waals surface area contributed by atoms with E-state index in [1.807, 2.05) is 70.2 Å². The number of carbonyl (C=O) groups excluding carboxylic acids is 2. The molecular formula is C36H42N6O4. The number of hydrogen-bond acceptors (Lipinski definition) is 8. The number of aromatic nitrogens is 4. The minimum atomic E-state index is -0.670. The molecule has 1 aliphatic heterocycles. The third-order valence-electron chi connectivity index (χ3n) is 7.72. The Labute approximate surface area is 269 Å². The van der Waals surface area contributed by atoms with Crippen LogP contribution in [0.25, 0.3) is 22.2 Å². The number of H-pyrrole nitrogens is 2. The second-order valence-electron chi connectivity index (χ2n) is 13.7. The fourth-order valence-corrected chi connectivity index (χ4v) is 5.23. The lowest BCUT2D eigenvalue weighted by molar-refractivity contribution is -0.160. The zero-order valence-electron chi connectivity index (χ0n) is 27.5. The Hall–Kier alpha value is -4.75. The van der Waals surface area contributed by atoms with E-state index in [4.69, 9.17) is 14.9 Å². The van der Waals surface area contributed by atoms with Crippen molar-refractivity contribution >= 4 is 28.7 Å². The Balaban J connectivity index is 1.26. The van der Waals surface area contributed by atoms with Crippen LogP contribution < -0.4 is 5.32 Å². The summed E-state index contributed by atoms with van der Waals surface area (Å²) in [6, 6.07) is 13.9. The molecule has 1 aliphatic rings. The van der Waals surface area contributed by atoms with Gasteiger partial charge < -0.3 is 19.4 Å². The summed E-state index contributed by atoms with van der Waals surface area (Å²) < 4.78 is 11.1. The van der Waals surface area contributed by atoms with Gasteiger partial charge in [-0.2, -0.15) is 0 Å². The first kappa shape index (κ1) is 32.6. The molecule has 2 aromatic carbocycles. The van der Waals surface area contributed by atoms with Gasteiger partial charge in [0.15, 0.2) is 6.23 Å². The molecule has 0 bridgehead atoms. The molecule has 3 heterocycles. The largest absolute Gasteiger partial charge is 0.455 e. The predicted octanol–water partition coefficient (Wildman–Crippen LogP) is 6.20. The van der Waals surface area contributed by atoms with E-state index in [1.165, 1.54) is 0 Å². The van der Waals surface area contributed by atoms with Gasteiger partial charge in [0.2, 0.25) is 0 Å². The van der Waals surface area contributed by atoms with E-state index in [9.17, 15) is 9.59 Å². The Kier molecular flexibility index (Phi) is 9.17. The fourth-order valence-electron chi connectivity index (χ4n) is 5.23. The molecule has 10 nitrogen and oxygen atoms in total. The van der Waals surface area contributed by atoms with Gasteiger partial charge >= 0.3 is 11.9 Å². The summed E-state index contributed by atoms with van der Waals surface area (Å²) in [5.41, 5.74) is 3.81. The van der Waals surface area contributed by atoms with Crippen LogP contribution in [-0.4, -0.2) is 56.0 Å². The number of aromatic amines is 2. The molecule has 0 radical (unpaired) electrons. The van der Waals surface area contributed by atoms with Gasteiger partial charge in [-0.3, -0.25) is 15.5 Å². The number of hydrogen-bond donors (Lipinski definition) is 4. The molecule has 10 heteroatoms. The van der Waals surface area contributed by atoms with E-state index in [2.05, 4.69) is 37.1 Å². The quantitative estimate of drug-likeness (QED) is 0.109. The molecule has 240 valence electrons. The first-order valence-electron chi connectivity index (χ1n) is 15.6. The standard InChI is InChI=1S/C36H42N6O4/c1-8-25(29(37)33(43)46-36(5,6)7)31-41-27-16-14-23(19-28(27)42-31)22-12-9-21(10-13-22)11-15-24-20-39-30(40-24)26-17-18-38-32(26)45-34(44)35(2,3)4/h9-10,12-14,16,19-20,25-26,32,37-38H,8,17-18H2,1-7H3,(H,39,40)(H,41,42)/t25-,26-,32?/m0/s1. The van der Waals surface area contributed by atoms with Crippen molar-refractivity contribution in [3.8, 4) is 23.0 Å². The van der Waals surface area contributed by atoms with Crippen molar-refractivity contribution in [2.24, 2.45) is 5.41 Å². The molecular weight excluding hydrogens is 580 g/mol. The maximum atomic E-state index is 12.5. The van der Waals surface area contributed by atoms with Gasteiger partial charge in [-0.1, -0.05) is 31.0 Å². The Bertz CT molecular complexity index is 1810. The molecule has 2 aromatic heterocycles. The van der Waals surface area contributed by atoms with E-state index >= 15 is 0 Å². The van der Waals surface area contributed by atoms with E-state index < -0.39 is 29.1 Å². The van der Waals surface area contributed by atoms with Crippen molar-refractivity contribution in [1.82, 2.24) is 25.3 Å². The monoisotopic (exact) mass is 622 g/mol. The van der Waals surface area contributed by atoms with Gasteiger partial charge in [0.05, 0.1) is 34.5 Å². The summed E-state index contributed by atoms with van der Waals surface area (Å²) in [5.74, 6) is 6.25. The van der Waals surface area contributed by atoms with Crippen LogP contribution in [0, 0.1) is 22.7 Å². The van der Waals surface area contributed by atoms with Crippen molar-refractivity contribution in [2.75, 3.05) is 6.54 Å². The molecule has 46 heavy (non-hydrogen) atoms. The maximum absolute atomic E-state index is 12.5. The number of nitrogens with one attached hydrogen (secondary N) is 4. The van der Waals surface area contributed by atoms with Crippen molar-refractivity contribution in [3.05, 3.63) is 71.6 Å². The van der Waals surface area contributed by atoms with E-state index in [0.29, 0.717) is 17.9 Å². The summed E-state index contributed by atoms with van der Waals surface area (Å²) >= 11 is 0. The van der Waals surface area contributed by atoms with Crippen molar-refractivity contribution in [1.29, 1.82) is 5.41 Å². The maximum Gasteiger partial charge on any atom is 0.353 e. The van der Waals surface area contributed by atoms with Gasteiger partial charge in [0.25, 0.3) is 0 Å². The third-order valence-corrected chi connectivity index (χ3v) is 7.72. The van der Waals surface area contributed by atoms with Gasteiger partial charge in [0, 0.05) is 5.56 Å².